The molecule has 2 unspecified atom stereocenters. The van der Waals surface area contributed by atoms with E-state index >= 15 is 0 Å². The fraction of sp³-hybridized carbons (Fsp3) is 0.423. The summed E-state index contributed by atoms with van der Waals surface area (Å²) in [6, 6.07) is 13.9. The zero-order valence-electron chi connectivity index (χ0n) is 19.8. The Kier molecular flexibility index (Phi) is 9.01. The van der Waals surface area contributed by atoms with E-state index in [4.69, 9.17) is 0 Å². The lowest BCUT2D eigenvalue weighted by molar-refractivity contribution is -0.135. The Hall–Kier alpha value is -3.42. The van der Waals surface area contributed by atoms with Crippen LogP contribution in [0.5, 0.6) is 0 Å². The maximum atomic E-state index is 14.2. The molecule has 0 bridgehead atoms. The largest absolute Gasteiger partial charge is 0.340 e. The van der Waals surface area contributed by atoms with Gasteiger partial charge in [0.25, 0.3) is 5.91 Å². The van der Waals surface area contributed by atoms with Crippen molar-refractivity contribution in [2.45, 2.75) is 45.2 Å². The predicted octanol–water partition coefficient (Wildman–Crippen LogP) is 3.21. The van der Waals surface area contributed by atoms with Gasteiger partial charge in [0.1, 0.15) is 11.9 Å². The quantitative estimate of drug-likeness (QED) is 0.584. The predicted molar refractivity (Wildman–Crippen MR) is 129 cm³/mol. The minimum atomic E-state index is -0.855. The van der Waals surface area contributed by atoms with Crippen LogP contribution < -0.4 is 10.6 Å². The average molecular weight is 469 g/mol. The molecule has 0 aliphatic carbocycles. The summed E-state index contributed by atoms with van der Waals surface area (Å²) < 4.78 is 14.2. The fourth-order valence-electron chi connectivity index (χ4n) is 4.08. The van der Waals surface area contributed by atoms with Crippen LogP contribution in [0.2, 0.25) is 0 Å². The molecule has 1 fully saturated rings. The van der Waals surface area contributed by atoms with Crippen molar-refractivity contribution >= 4 is 17.8 Å². The maximum absolute atomic E-state index is 14.2. The second kappa shape index (κ2) is 12.2. The second-order valence-corrected chi connectivity index (χ2v) is 8.61. The van der Waals surface area contributed by atoms with Crippen molar-refractivity contribution in [3.05, 3.63) is 71.5 Å². The first-order chi connectivity index (χ1) is 16.4. The highest BCUT2D eigenvalue weighted by atomic mass is 19.1. The number of unbranched alkanes of at least 4 members (excludes halogenated alkanes) is 1. The smallest absolute Gasteiger partial charge is 0.317 e. The lowest BCUT2D eigenvalue weighted by atomic mass is 10.0. The molecule has 2 atom stereocenters. The van der Waals surface area contributed by atoms with E-state index < -0.39 is 17.8 Å². The standard InChI is InChI=1S/C26H33FN4O3/c1-3-4-14-28-26(34)31-16-15-30(18-19(31)2)25(33)23(17-20-10-6-5-7-11-20)29-24(32)21-12-8-9-13-22(21)27/h5-13,19,23H,3-4,14-18H2,1-2H3,(H,28,34)(H,29,32). The topological polar surface area (TPSA) is 81.8 Å². The van der Waals surface area contributed by atoms with Crippen LogP contribution >= 0.6 is 0 Å². The zero-order valence-corrected chi connectivity index (χ0v) is 19.8. The lowest BCUT2D eigenvalue weighted by Gasteiger charge is -2.41. The van der Waals surface area contributed by atoms with Crippen LogP contribution in [0.4, 0.5) is 9.18 Å². The summed E-state index contributed by atoms with van der Waals surface area (Å²) in [4.78, 5) is 42.2. The van der Waals surface area contributed by atoms with Crippen molar-refractivity contribution in [2.24, 2.45) is 0 Å². The highest BCUT2D eigenvalue weighted by Gasteiger charge is 2.33. The van der Waals surface area contributed by atoms with Gasteiger partial charge in [-0.05, 0) is 31.0 Å². The van der Waals surface area contributed by atoms with E-state index in [0.29, 0.717) is 26.2 Å². The molecule has 1 aliphatic heterocycles. The number of benzene rings is 2. The van der Waals surface area contributed by atoms with Gasteiger partial charge in [0.2, 0.25) is 5.91 Å². The highest BCUT2D eigenvalue weighted by Crippen LogP contribution is 2.14. The summed E-state index contributed by atoms with van der Waals surface area (Å²) in [7, 11) is 0. The summed E-state index contributed by atoms with van der Waals surface area (Å²) >= 11 is 0. The molecule has 2 aromatic carbocycles. The summed E-state index contributed by atoms with van der Waals surface area (Å²) in [5.41, 5.74) is 0.784. The lowest BCUT2D eigenvalue weighted by Crippen LogP contribution is -2.60. The van der Waals surface area contributed by atoms with Gasteiger partial charge in [-0.1, -0.05) is 55.8 Å². The SMILES string of the molecule is CCCCNC(=O)N1CCN(C(=O)C(Cc2ccccc2)NC(=O)c2ccccc2F)CC1C. The molecule has 7 nitrogen and oxygen atoms in total. The van der Waals surface area contributed by atoms with Crippen LogP contribution in [-0.2, 0) is 11.2 Å². The van der Waals surface area contributed by atoms with Gasteiger partial charge in [-0.15, -0.1) is 0 Å². The van der Waals surface area contributed by atoms with Gasteiger partial charge in [0, 0.05) is 38.6 Å². The van der Waals surface area contributed by atoms with E-state index in [2.05, 4.69) is 17.6 Å². The van der Waals surface area contributed by atoms with E-state index in [0.717, 1.165) is 18.4 Å². The van der Waals surface area contributed by atoms with Gasteiger partial charge in [-0.25, -0.2) is 9.18 Å². The first-order valence-corrected chi connectivity index (χ1v) is 11.8. The molecule has 8 heteroatoms. The molecule has 0 spiro atoms. The number of piperazine rings is 1. The Bertz CT molecular complexity index is 985. The molecule has 3 rings (SSSR count). The number of urea groups is 1. The van der Waals surface area contributed by atoms with Crippen LogP contribution in [-0.4, -0.2) is 65.9 Å². The zero-order chi connectivity index (χ0) is 24.5. The Morgan fingerprint density at radius 3 is 2.44 bits per heavy atom. The Morgan fingerprint density at radius 2 is 1.76 bits per heavy atom. The van der Waals surface area contributed by atoms with Gasteiger partial charge in [0.15, 0.2) is 0 Å². The average Bonchev–Trinajstić information content (AvgIpc) is 2.84. The second-order valence-electron chi connectivity index (χ2n) is 8.61. The molecule has 34 heavy (non-hydrogen) atoms. The normalized spacial score (nSPS) is 16.6. The summed E-state index contributed by atoms with van der Waals surface area (Å²) in [6.07, 6.45) is 2.20. The van der Waals surface area contributed by atoms with E-state index in [9.17, 15) is 18.8 Å². The van der Waals surface area contributed by atoms with Crippen LogP contribution in [0.3, 0.4) is 0 Å². The van der Waals surface area contributed by atoms with Gasteiger partial charge < -0.3 is 20.4 Å². The third-order valence-electron chi connectivity index (χ3n) is 6.01. The maximum Gasteiger partial charge on any atom is 0.317 e. The van der Waals surface area contributed by atoms with Gasteiger partial charge in [-0.2, -0.15) is 0 Å². The number of hydrogen-bond donors (Lipinski definition) is 2. The molecule has 1 aliphatic rings. The van der Waals surface area contributed by atoms with E-state index in [1.807, 2.05) is 37.3 Å². The molecule has 2 aromatic rings. The van der Waals surface area contributed by atoms with Crippen LogP contribution in [0.15, 0.2) is 54.6 Å². The van der Waals surface area contributed by atoms with E-state index in [1.54, 1.807) is 15.9 Å². The molecule has 4 amide bonds. The number of nitrogens with zero attached hydrogens (tertiary/aromatic N) is 2. The first kappa shape index (κ1) is 25.2. The molecule has 1 heterocycles. The number of rotatable bonds is 8. The molecule has 2 N–H and O–H groups in total. The molecular weight excluding hydrogens is 435 g/mol. The minimum absolute atomic E-state index is 0.102. The Balaban J connectivity index is 1.70. The number of carbonyl (C=O) groups excluding carboxylic acids is 3. The molecule has 182 valence electrons. The molecule has 0 aromatic heterocycles. The highest BCUT2D eigenvalue weighted by molar-refractivity contribution is 5.97. The van der Waals surface area contributed by atoms with Crippen LogP contribution in [0.1, 0.15) is 42.6 Å². The molecule has 0 radical (unpaired) electrons. The van der Waals surface area contributed by atoms with Gasteiger partial charge >= 0.3 is 6.03 Å². The Labute approximate surface area is 200 Å². The number of hydrogen-bond acceptors (Lipinski definition) is 3. The summed E-state index contributed by atoms with van der Waals surface area (Å²) in [6.45, 7) is 5.73. The van der Waals surface area contributed by atoms with Crippen molar-refractivity contribution in [3.8, 4) is 0 Å². The monoisotopic (exact) mass is 468 g/mol. The molecule has 1 saturated heterocycles. The number of halogens is 1. The number of carbonyl (C=O) groups is 3. The third-order valence-corrected chi connectivity index (χ3v) is 6.01. The van der Waals surface area contributed by atoms with E-state index in [-0.39, 0.29) is 30.0 Å². The van der Waals surface area contributed by atoms with Crippen molar-refractivity contribution < 1.29 is 18.8 Å². The number of amides is 4. The van der Waals surface area contributed by atoms with E-state index in [1.165, 1.54) is 18.2 Å². The van der Waals surface area contributed by atoms with Crippen LogP contribution in [0, 0.1) is 5.82 Å². The van der Waals surface area contributed by atoms with Crippen molar-refractivity contribution in [2.75, 3.05) is 26.2 Å². The minimum Gasteiger partial charge on any atom is -0.340 e. The molecule has 0 saturated carbocycles. The van der Waals surface area contributed by atoms with Crippen molar-refractivity contribution in [1.29, 1.82) is 0 Å². The van der Waals surface area contributed by atoms with Gasteiger partial charge in [-0.3, -0.25) is 9.59 Å². The Morgan fingerprint density at radius 1 is 1.06 bits per heavy atom. The summed E-state index contributed by atoms with van der Waals surface area (Å²) in [5, 5.41) is 5.66. The van der Waals surface area contributed by atoms with Crippen molar-refractivity contribution in [3.63, 3.8) is 0 Å². The van der Waals surface area contributed by atoms with Crippen LogP contribution in [0.25, 0.3) is 0 Å². The summed E-state index contributed by atoms with van der Waals surface area (Å²) in [5.74, 6) is -1.51. The fourth-order valence-corrected chi connectivity index (χ4v) is 4.08. The van der Waals surface area contributed by atoms with Gasteiger partial charge in [0.05, 0.1) is 5.56 Å². The molecular formula is C26H33FN4O3. The van der Waals surface area contributed by atoms with Crippen molar-refractivity contribution in [1.82, 2.24) is 20.4 Å². The first-order valence-electron chi connectivity index (χ1n) is 11.8. The third kappa shape index (κ3) is 6.56. The number of nitrogens with one attached hydrogen (secondary N) is 2.